The average molecular weight is 361 g/mol. The van der Waals surface area contributed by atoms with Crippen molar-refractivity contribution in [3.8, 4) is 5.75 Å². The quantitative estimate of drug-likeness (QED) is 0.705. The van der Waals surface area contributed by atoms with E-state index in [1.54, 1.807) is 25.3 Å². The topological polar surface area (TPSA) is 73.6 Å². The number of anilines is 1. The molecule has 3 N–H and O–H groups in total. The standard InChI is InChI=1S/C19H21ClN2O3/c1-13(10-21)11-25-18-8-5-15(9-17(18)20)19(23)22-16-6-3-14(4-7-16)12-24-2/h3-9H,1,10-12,21H2,2H3,(H,22,23). The zero-order valence-electron chi connectivity index (χ0n) is 14.0. The largest absolute Gasteiger partial charge is 0.488 e. The molecule has 25 heavy (non-hydrogen) atoms. The van der Waals surface area contributed by atoms with Crippen LogP contribution < -0.4 is 15.8 Å². The Morgan fingerprint density at radius 2 is 1.96 bits per heavy atom. The van der Waals surface area contributed by atoms with E-state index in [4.69, 9.17) is 26.8 Å². The maximum atomic E-state index is 12.3. The molecule has 0 spiro atoms. The third-order valence-electron chi connectivity index (χ3n) is 3.44. The summed E-state index contributed by atoms with van der Waals surface area (Å²) in [7, 11) is 1.64. The van der Waals surface area contributed by atoms with E-state index in [1.807, 2.05) is 24.3 Å². The van der Waals surface area contributed by atoms with Gasteiger partial charge in [-0.25, -0.2) is 0 Å². The summed E-state index contributed by atoms with van der Waals surface area (Å²) < 4.78 is 10.6. The number of hydrogen-bond donors (Lipinski definition) is 2. The van der Waals surface area contributed by atoms with E-state index in [-0.39, 0.29) is 12.5 Å². The molecule has 0 unspecified atom stereocenters. The van der Waals surface area contributed by atoms with Crippen molar-refractivity contribution in [2.24, 2.45) is 5.73 Å². The Kier molecular flexibility index (Phi) is 7.01. The molecular weight excluding hydrogens is 340 g/mol. The van der Waals surface area contributed by atoms with Crippen LogP contribution in [-0.2, 0) is 11.3 Å². The smallest absolute Gasteiger partial charge is 0.255 e. The van der Waals surface area contributed by atoms with Gasteiger partial charge in [-0.3, -0.25) is 4.79 Å². The van der Waals surface area contributed by atoms with Crippen molar-refractivity contribution in [3.05, 3.63) is 70.8 Å². The lowest BCUT2D eigenvalue weighted by Gasteiger charge is -2.11. The van der Waals surface area contributed by atoms with Crippen LogP contribution in [0.4, 0.5) is 5.69 Å². The predicted molar refractivity (Wildman–Crippen MR) is 100 cm³/mol. The van der Waals surface area contributed by atoms with Gasteiger partial charge in [0.1, 0.15) is 12.4 Å². The lowest BCUT2D eigenvalue weighted by Crippen LogP contribution is -2.12. The molecule has 0 fully saturated rings. The SMILES string of the molecule is C=C(CN)COc1ccc(C(=O)Nc2ccc(COC)cc2)cc1Cl. The number of nitrogens with two attached hydrogens (primary N) is 1. The maximum Gasteiger partial charge on any atom is 0.255 e. The number of nitrogens with one attached hydrogen (secondary N) is 1. The zero-order chi connectivity index (χ0) is 18.2. The lowest BCUT2D eigenvalue weighted by atomic mass is 10.2. The number of halogens is 1. The van der Waals surface area contributed by atoms with Crippen LogP contribution in [0.2, 0.25) is 5.02 Å². The molecular formula is C19H21ClN2O3. The summed E-state index contributed by atoms with van der Waals surface area (Å²) in [6, 6.07) is 12.3. The number of rotatable bonds is 8. The van der Waals surface area contributed by atoms with Crippen LogP contribution in [0.1, 0.15) is 15.9 Å². The van der Waals surface area contributed by atoms with Gasteiger partial charge in [-0.05, 0) is 41.5 Å². The molecule has 6 heteroatoms. The summed E-state index contributed by atoms with van der Waals surface area (Å²) in [5.74, 6) is 0.232. The second kappa shape index (κ2) is 9.22. The number of amides is 1. The Balaban J connectivity index is 2.01. The van der Waals surface area contributed by atoms with E-state index in [0.717, 1.165) is 11.1 Å². The number of carbonyl (C=O) groups is 1. The van der Waals surface area contributed by atoms with Crippen molar-refractivity contribution >= 4 is 23.2 Å². The highest BCUT2D eigenvalue weighted by molar-refractivity contribution is 6.32. The lowest BCUT2D eigenvalue weighted by molar-refractivity contribution is 0.102. The molecule has 0 radical (unpaired) electrons. The van der Waals surface area contributed by atoms with E-state index >= 15 is 0 Å². The van der Waals surface area contributed by atoms with Crippen molar-refractivity contribution in [1.82, 2.24) is 0 Å². The molecule has 0 aliphatic carbocycles. The van der Waals surface area contributed by atoms with Gasteiger partial charge < -0.3 is 20.5 Å². The Hall–Kier alpha value is -2.34. The highest BCUT2D eigenvalue weighted by Gasteiger charge is 2.10. The first kappa shape index (κ1) is 19.0. The average Bonchev–Trinajstić information content (AvgIpc) is 2.62. The number of methoxy groups -OCH3 is 1. The second-order valence-electron chi connectivity index (χ2n) is 5.47. The molecule has 0 saturated heterocycles. The minimum atomic E-state index is -0.251. The second-order valence-corrected chi connectivity index (χ2v) is 5.88. The molecule has 1 amide bonds. The summed E-state index contributed by atoms with van der Waals surface area (Å²) in [6.07, 6.45) is 0. The van der Waals surface area contributed by atoms with Crippen LogP contribution in [0.15, 0.2) is 54.6 Å². The molecule has 0 atom stereocenters. The van der Waals surface area contributed by atoms with Crippen LogP contribution in [-0.4, -0.2) is 26.2 Å². The summed E-state index contributed by atoms with van der Waals surface area (Å²) in [6.45, 7) is 4.93. The molecule has 2 aromatic rings. The van der Waals surface area contributed by atoms with Gasteiger partial charge in [0.05, 0.1) is 11.6 Å². The third kappa shape index (κ3) is 5.60. The van der Waals surface area contributed by atoms with Gasteiger partial charge in [0.25, 0.3) is 5.91 Å². The van der Waals surface area contributed by atoms with Crippen molar-refractivity contribution in [3.63, 3.8) is 0 Å². The number of hydrogen-bond acceptors (Lipinski definition) is 4. The van der Waals surface area contributed by atoms with Crippen molar-refractivity contribution in [2.45, 2.75) is 6.61 Å². The summed E-state index contributed by atoms with van der Waals surface area (Å²) in [5.41, 5.74) is 8.39. The van der Waals surface area contributed by atoms with Gasteiger partial charge in [0.15, 0.2) is 0 Å². The van der Waals surface area contributed by atoms with Gasteiger partial charge in [-0.1, -0.05) is 30.3 Å². The number of benzene rings is 2. The molecule has 0 aliphatic heterocycles. The molecule has 0 aliphatic rings. The van der Waals surface area contributed by atoms with E-state index < -0.39 is 0 Å². The molecule has 2 rings (SSSR count). The van der Waals surface area contributed by atoms with Crippen molar-refractivity contribution < 1.29 is 14.3 Å². The Morgan fingerprint density at radius 3 is 2.56 bits per heavy atom. The Bertz CT molecular complexity index is 745. The fraction of sp³-hybridized carbons (Fsp3) is 0.211. The summed E-state index contributed by atoms with van der Waals surface area (Å²) in [5, 5.41) is 3.18. The predicted octanol–water partition coefficient (Wildman–Crippen LogP) is 3.63. The summed E-state index contributed by atoms with van der Waals surface area (Å²) >= 11 is 6.18. The molecule has 0 bridgehead atoms. The monoisotopic (exact) mass is 360 g/mol. The van der Waals surface area contributed by atoms with E-state index in [2.05, 4.69) is 11.9 Å². The molecule has 2 aromatic carbocycles. The number of ether oxygens (including phenoxy) is 2. The Morgan fingerprint density at radius 1 is 1.24 bits per heavy atom. The fourth-order valence-corrected chi connectivity index (χ4v) is 2.29. The van der Waals surface area contributed by atoms with Gasteiger partial charge in [-0.15, -0.1) is 0 Å². The molecule has 0 heterocycles. The van der Waals surface area contributed by atoms with Crippen LogP contribution in [0, 0.1) is 0 Å². The van der Waals surface area contributed by atoms with E-state index in [0.29, 0.717) is 35.2 Å². The molecule has 132 valence electrons. The first-order valence-corrected chi connectivity index (χ1v) is 8.09. The Labute approximate surface area is 152 Å². The zero-order valence-corrected chi connectivity index (χ0v) is 14.8. The highest BCUT2D eigenvalue weighted by atomic mass is 35.5. The van der Waals surface area contributed by atoms with Crippen LogP contribution >= 0.6 is 11.6 Å². The van der Waals surface area contributed by atoms with Crippen molar-refractivity contribution in [2.75, 3.05) is 25.6 Å². The molecule has 5 nitrogen and oxygen atoms in total. The third-order valence-corrected chi connectivity index (χ3v) is 3.73. The summed E-state index contributed by atoms with van der Waals surface area (Å²) in [4.78, 5) is 12.3. The van der Waals surface area contributed by atoms with Gasteiger partial charge in [0, 0.05) is 24.9 Å². The minimum Gasteiger partial charge on any atom is -0.488 e. The fourth-order valence-electron chi connectivity index (χ4n) is 2.05. The van der Waals surface area contributed by atoms with Crippen molar-refractivity contribution in [1.29, 1.82) is 0 Å². The first-order valence-electron chi connectivity index (χ1n) is 7.71. The van der Waals surface area contributed by atoms with Crippen LogP contribution in [0.3, 0.4) is 0 Å². The van der Waals surface area contributed by atoms with Gasteiger partial charge >= 0.3 is 0 Å². The number of carbonyl (C=O) groups excluding carboxylic acids is 1. The van der Waals surface area contributed by atoms with Gasteiger partial charge in [0.2, 0.25) is 0 Å². The molecule has 0 aromatic heterocycles. The maximum absolute atomic E-state index is 12.3. The normalized spacial score (nSPS) is 10.4. The highest BCUT2D eigenvalue weighted by Crippen LogP contribution is 2.26. The first-order chi connectivity index (χ1) is 12.0. The van der Waals surface area contributed by atoms with E-state index in [1.165, 1.54) is 0 Å². The van der Waals surface area contributed by atoms with E-state index in [9.17, 15) is 4.79 Å². The molecule has 0 saturated carbocycles. The minimum absolute atomic E-state index is 0.251. The van der Waals surface area contributed by atoms with Gasteiger partial charge in [-0.2, -0.15) is 0 Å². The van der Waals surface area contributed by atoms with Crippen LogP contribution in [0.25, 0.3) is 0 Å². The van der Waals surface area contributed by atoms with Crippen LogP contribution in [0.5, 0.6) is 5.75 Å².